The number of halogens is 3. The van der Waals surface area contributed by atoms with Gasteiger partial charge in [0.15, 0.2) is 11.6 Å². The summed E-state index contributed by atoms with van der Waals surface area (Å²) < 4.78 is 32.3. The van der Waals surface area contributed by atoms with E-state index in [1.807, 2.05) is 0 Å². The molecule has 43 heavy (non-hydrogen) atoms. The number of amides is 1. The number of nitrogens with zero attached hydrogens (tertiary/aromatic N) is 5. The van der Waals surface area contributed by atoms with Gasteiger partial charge >= 0.3 is 12.1 Å². The minimum atomic E-state index is -1.29. The van der Waals surface area contributed by atoms with Crippen LogP contribution in [0.5, 0.6) is 17.5 Å². The second-order valence-electron chi connectivity index (χ2n) is 9.28. The zero-order chi connectivity index (χ0) is 30.8. The Morgan fingerprint density at radius 3 is 2.51 bits per heavy atom. The van der Waals surface area contributed by atoms with Gasteiger partial charge in [-0.1, -0.05) is 23.2 Å². The number of benzene rings is 2. The predicted octanol–water partition coefficient (Wildman–Crippen LogP) is 6.47. The molecule has 0 aliphatic heterocycles. The summed E-state index contributed by atoms with van der Waals surface area (Å²) in [5.41, 5.74) is 1.65. The van der Waals surface area contributed by atoms with Crippen molar-refractivity contribution in [3.05, 3.63) is 58.7 Å². The second-order valence-corrected chi connectivity index (χ2v) is 11.1. The summed E-state index contributed by atoms with van der Waals surface area (Å²) in [6, 6.07) is 5.94. The number of pyridine rings is 1. The van der Waals surface area contributed by atoms with Gasteiger partial charge < -0.3 is 24.4 Å². The average Bonchev–Trinajstić information content (AvgIpc) is 3.42. The van der Waals surface area contributed by atoms with Crippen LogP contribution in [-0.4, -0.2) is 68.7 Å². The number of hydrogen-bond donors (Lipinski definition) is 2. The number of thiazole rings is 1. The predicted molar refractivity (Wildman–Crippen MR) is 162 cm³/mol. The number of aromatic nitrogens is 4. The van der Waals surface area contributed by atoms with Crippen molar-refractivity contribution >= 4 is 67.4 Å². The molecule has 11 nitrogen and oxygen atoms in total. The van der Waals surface area contributed by atoms with Gasteiger partial charge in [0.25, 0.3) is 0 Å². The molecule has 2 N–H and O–H groups in total. The number of carboxylic acid groups (broad SMARTS) is 1. The first-order chi connectivity index (χ1) is 20.6. The molecule has 15 heteroatoms. The van der Waals surface area contributed by atoms with Gasteiger partial charge in [-0.15, -0.1) is 11.3 Å². The number of fused-ring (bicyclic) bond motifs is 2. The topological polar surface area (TPSA) is 140 Å². The van der Waals surface area contributed by atoms with Crippen LogP contribution in [0, 0.1) is 5.82 Å². The van der Waals surface area contributed by atoms with Crippen LogP contribution >= 0.6 is 34.5 Å². The van der Waals surface area contributed by atoms with Crippen LogP contribution < -0.4 is 19.1 Å². The molecule has 0 aliphatic rings. The average molecular weight is 649 g/mol. The molecule has 1 amide bonds. The van der Waals surface area contributed by atoms with Gasteiger partial charge in [0.05, 0.1) is 54.3 Å². The van der Waals surface area contributed by atoms with Crippen molar-refractivity contribution in [1.29, 1.82) is 0 Å². The van der Waals surface area contributed by atoms with E-state index in [-0.39, 0.29) is 41.2 Å². The highest BCUT2D eigenvalue weighted by atomic mass is 35.5. The Morgan fingerprint density at radius 2 is 1.84 bits per heavy atom. The summed E-state index contributed by atoms with van der Waals surface area (Å²) in [4.78, 5) is 30.2. The van der Waals surface area contributed by atoms with Crippen LogP contribution in [0.25, 0.3) is 31.7 Å². The molecule has 0 radical (unpaired) electrons. The fourth-order valence-corrected chi connectivity index (χ4v) is 5.87. The summed E-state index contributed by atoms with van der Waals surface area (Å²) in [6.45, 7) is 2.97. The number of aliphatic hydroxyl groups excluding tert-OH is 1. The van der Waals surface area contributed by atoms with Gasteiger partial charge in [-0.2, -0.15) is 0 Å². The highest BCUT2D eigenvalue weighted by Crippen LogP contribution is 2.42. The zero-order valence-corrected chi connectivity index (χ0v) is 25.2. The van der Waals surface area contributed by atoms with Gasteiger partial charge in [0.2, 0.25) is 0 Å². The lowest BCUT2D eigenvalue weighted by Gasteiger charge is -2.30. The minimum Gasteiger partial charge on any atom is -0.495 e. The third kappa shape index (κ3) is 6.20. The molecular formula is C28H24Cl2FN5O6S. The molecule has 5 rings (SSSR count). The lowest BCUT2D eigenvalue weighted by atomic mass is 10.1. The quantitative estimate of drug-likeness (QED) is 0.173. The first-order valence-corrected chi connectivity index (χ1v) is 14.3. The third-order valence-corrected chi connectivity index (χ3v) is 8.14. The Hall–Kier alpha value is -4.04. The van der Waals surface area contributed by atoms with Crippen LogP contribution in [0.1, 0.15) is 13.8 Å². The molecule has 0 saturated heterocycles. The molecule has 0 bridgehead atoms. The van der Waals surface area contributed by atoms with Crippen LogP contribution in [0.15, 0.2) is 42.9 Å². The number of hydrogen-bond acceptors (Lipinski definition) is 10. The van der Waals surface area contributed by atoms with E-state index in [9.17, 15) is 9.90 Å². The Kier molecular flexibility index (Phi) is 8.97. The molecule has 5 aromatic rings. The van der Waals surface area contributed by atoms with Crippen LogP contribution in [0.2, 0.25) is 10.0 Å². The summed E-state index contributed by atoms with van der Waals surface area (Å²) in [6.07, 6.45) is 1.98. The molecule has 2 aromatic carbocycles. The Morgan fingerprint density at radius 1 is 1.09 bits per heavy atom. The molecular weight excluding hydrogens is 624 g/mol. The molecule has 3 heterocycles. The second kappa shape index (κ2) is 12.7. The molecule has 0 fully saturated rings. The van der Waals surface area contributed by atoms with Crippen molar-refractivity contribution in [3.8, 4) is 28.1 Å². The summed E-state index contributed by atoms with van der Waals surface area (Å²) in [7, 11) is 1.54. The molecule has 2 atom stereocenters. The fraction of sp³-hybridized carbons (Fsp3) is 0.250. The van der Waals surface area contributed by atoms with Gasteiger partial charge in [0, 0.05) is 22.0 Å². The molecule has 2 unspecified atom stereocenters. The Bertz CT molecular complexity index is 1810. The van der Waals surface area contributed by atoms with E-state index in [0.717, 1.165) is 10.3 Å². The van der Waals surface area contributed by atoms with E-state index in [2.05, 4.69) is 19.9 Å². The fourth-order valence-electron chi connectivity index (χ4n) is 4.32. The largest absolute Gasteiger partial charge is 0.495 e. The SMILES string of the molecule is COc1cnc2c(-c3nc4c(Cl)c(F)c(OC(C)C(C)N(C(=O)O)c5cnc(OCCO)nc5)cc4s3)cc(Cl)cc2c1. The van der Waals surface area contributed by atoms with Crippen molar-refractivity contribution in [2.24, 2.45) is 0 Å². The lowest BCUT2D eigenvalue weighted by molar-refractivity contribution is 0.166. The van der Waals surface area contributed by atoms with Crippen molar-refractivity contribution in [2.45, 2.75) is 26.0 Å². The van der Waals surface area contributed by atoms with Crippen molar-refractivity contribution in [2.75, 3.05) is 25.2 Å². The zero-order valence-electron chi connectivity index (χ0n) is 22.9. The number of carbonyl (C=O) groups is 1. The number of ether oxygens (including phenoxy) is 3. The standard InChI is InChI=1S/C28H24Cl2FN5O6S/c1-13(36(28(38)39)17-10-33-27(34-11-17)41-5-4-37)14(2)42-20-9-21-25(22(30)23(20)31)35-26(43-21)19-8-16(29)6-15-7-18(40-3)12-32-24(15)19/h6-14,37H,4-5H2,1-3H3,(H,38,39). The maximum atomic E-state index is 15.5. The van der Waals surface area contributed by atoms with Gasteiger partial charge in [-0.05, 0) is 32.0 Å². The van der Waals surface area contributed by atoms with E-state index in [0.29, 0.717) is 31.6 Å². The van der Waals surface area contributed by atoms with Gasteiger partial charge in [-0.25, -0.2) is 24.1 Å². The first-order valence-electron chi connectivity index (χ1n) is 12.8. The summed E-state index contributed by atoms with van der Waals surface area (Å²) >= 11 is 14.1. The van der Waals surface area contributed by atoms with Crippen LogP contribution in [0.4, 0.5) is 14.9 Å². The maximum absolute atomic E-state index is 15.5. The molecule has 3 aromatic heterocycles. The van der Waals surface area contributed by atoms with E-state index in [1.54, 1.807) is 45.4 Å². The van der Waals surface area contributed by atoms with E-state index in [1.165, 1.54) is 29.8 Å². The van der Waals surface area contributed by atoms with Crippen molar-refractivity contribution in [3.63, 3.8) is 0 Å². The van der Waals surface area contributed by atoms with Crippen molar-refractivity contribution < 1.29 is 33.6 Å². The molecule has 0 saturated carbocycles. The van der Waals surface area contributed by atoms with E-state index >= 15 is 4.39 Å². The highest BCUT2D eigenvalue weighted by molar-refractivity contribution is 7.21. The lowest BCUT2D eigenvalue weighted by Crippen LogP contribution is -2.46. The van der Waals surface area contributed by atoms with E-state index < -0.39 is 24.1 Å². The van der Waals surface area contributed by atoms with Crippen molar-refractivity contribution in [1.82, 2.24) is 19.9 Å². The van der Waals surface area contributed by atoms with Gasteiger partial charge in [0.1, 0.15) is 34.0 Å². The number of anilines is 1. The number of aliphatic hydroxyl groups is 1. The molecule has 224 valence electrons. The highest BCUT2D eigenvalue weighted by Gasteiger charge is 2.29. The Balaban J connectivity index is 1.45. The van der Waals surface area contributed by atoms with Gasteiger partial charge in [-0.3, -0.25) is 9.88 Å². The maximum Gasteiger partial charge on any atom is 0.412 e. The third-order valence-electron chi connectivity index (χ3n) is 6.54. The number of methoxy groups -OCH3 is 1. The Labute approximate surface area is 258 Å². The summed E-state index contributed by atoms with van der Waals surface area (Å²) in [5, 5.41) is 20.3. The minimum absolute atomic E-state index is 0.00913. The molecule has 0 aliphatic carbocycles. The summed E-state index contributed by atoms with van der Waals surface area (Å²) in [5.74, 6) is -0.432. The number of rotatable bonds is 10. The first kappa shape index (κ1) is 30.4. The smallest absolute Gasteiger partial charge is 0.412 e. The van der Waals surface area contributed by atoms with E-state index in [4.69, 9.17) is 42.5 Å². The van der Waals surface area contributed by atoms with Crippen LogP contribution in [0.3, 0.4) is 0 Å². The molecule has 0 spiro atoms. The normalized spacial score (nSPS) is 12.7. The van der Waals surface area contributed by atoms with Crippen LogP contribution in [-0.2, 0) is 0 Å². The monoisotopic (exact) mass is 647 g/mol.